The number of aryl methyl sites for hydroxylation is 1. The Balaban J connectivity index is 1.77. The van der Waals surface area contributed by atoms with Crippen molar-refractivity contribution in [3.8, 4) is 0 Å². The molecule has 18 heavy (non-hydrogen) atoms. The smallest absolute Gasteiger partial charge is 0.0984 e. The van der Waals surface area contributed by atoms with E-state index in [-0.39, 0.29) is 0 Å². The third kappa shape index (κ3) is 3.03. The van der Waals surface area contributed by atoms with E-state index in [9.17, 15) is 0 Å². The van der Waals surface area contributed by atoms with E-state index in [2.05, 4.69) is 36.1 Å². The maximum atomic E-state index is 5.38. The molecule has 0 aromatic heterocycles. The van der Waals surface area contributed by atoms with Crippen LogP contribution in [0.5, 0.6) is 0 Å². The van der Waals surface area contributed by atoms with E-state index in [1.165, 1.54) is 17.7 Å². The molecule has 2 atom stereocenters. The second kappa shape index (κ2) is 5.29. The van der Waals surface area contributed by atoms with Gasteiger partial charge in [-0.2, -0.15) is 0 Å². The van der Waals surface area contributed by atoms with Gasteiger partial charge in [0.25, 0.3) is 0 Å². The molecule has 2 aliphatic heterocycles. The van der Waals surface area contributed by atoms with Gasteiger partial charge in [0.05, 0.1) is 25.4 Å². The molecular formula is C15H21NO2. The Morgan fingerprint density at radius 2 is 1.72 bits per heavy atom. The van der Waals surface area contributed by atoms with Gasteiger partial charge in [-0.25, -0.2) is 0 Å². The largest absolute Gasteiger partial charge is 0.371 e. The van der Waals surface area contributed by atoms with E-state index in [1.54, 1.807) is 0 Å². The zero-order valence-electron chi connectivity index (χ0n) is 11.0. The number of para-hydroxylation sites is 1. The topological polar surface area (TPSA) is 28.3 Å². The zero-order chi connectivity index (χ0) is 12.4. The summed E-state index contributed by atoms with van der Waals surface area (Å²) in [7, 11) is 0. The van der Waals surface area contributed by atoms with Gasteiger partial charge in [0.1, 0.15) is 0 Å². The Morgan fingerprint density at radius 3 is 2.28 bits per heavy atom. The minimum Gasteiger partial charge on any atom is -0.371 e. The molecule has 1 aromatic rings. The fraction of sp³-hybridized carbons (Fsp3) is 0.600. The molecule has 98 valence electrons. The van der Waals surface area contributed by atoms with Crippen molar-refractivity contribution in [1.29, 1.82) is 0 Å². The molecule has 0 spiro atoms. The average Bonchev–Trinajstić information content (AvgIpc) is 3.24. The van der Waals surface area contributed by atoms with Gasteiger partial charge in [-0.15, -0.1) is 0 Å². The van der Waals surface area contributed by atoms with Crippen molar-refractivity contribution in [2.45, 2.75) is 32.0 Å². The quantitative estimate of drug-likeness (QED) is 0.692. The highest BCUT2D eigenvalue weighted by molar-refractivity contribution is 5.54. The summed E-state index contributed by atoms with van der Waals surface area (Å²) < 4.78 is 10.8. The van der Waals surface area contributed by atoms with Crippen molar-refractivity contribution in [1.82, 2.24) is 0 Å². The minimum atomic E-state index is 0.429. The van der Waals surface area contributed by atoms with Gasteiger partial charge in [0.2, 0.25) is 0 Å². The monoisotopic (exact) mass is 247 g/mol. The summed E-state index contributed by atoms with van der Waals surface area (Å²) in [6.45, 7) is 6.06. The van der Waals surface area contributed by atoms with Crippen LogP contribution < -0.4 is 4.90 Å². The maximum absolute atomic E-state index is 5.38. The highest BCUT2D eigenvalue weighted by atomic mass is 16.6. The molecular weight excluding hydrogens is 226 g/mol. The van der Waals surface area contributed by atoms with Crippen LogP contribution >= 0.6 is 0 Å². The van der Waals surface area contributed by atoms with Crippen molar-refractivity contribution in [2.75, 3.05) is 31.2 Å². The number of hydrogen-bond donors (Lipinski definition) is 0. The highest BCUT2D eigenvalue weighted by Crippen LogP contribution is 2.26. The molecule has 2 unspecified atom stereocenters. The average molecular weight is 247 g/mol. The third-order valence-corrected chi connectivity index (χ3v) is 3.50. The first-order valence-corrected chi connectivity index (χ1v) is 6.93. The fourth-order valence-corrected chi connectivity index (χ4v) is 2.41. The molecule has 3 rings (SSSR count). The van der Waals surface area contributed by atoms with Crippen LogP contribution in [0.25, 0.3) is 0 Å². The third-order valence-electron chi connectivity index (χ3n) is 3.50. The Morgan fingerprint density at radius 1 is 1.11 bits per heavy atom. The van der Waals surface area contributed by atoms with Gasteiger partial charge in [0.15, 0.2) is 0 Å². The highest BCUT2D eigenvalue weighted by Gasteiger charge is 2.31. The van der Waals surface area contributed by atoms with Crippen molar-refractivity contribution in [2.24, 2.45) is 0 Å². The van der Waals surface area contributed by atoms with E-state index in [0.29, 0.717) is 12.2 Å². The number of benzene rings is 1. The van der Waals surface area contributed by atoms with Crippen LogP contribution in [0.4, 0.5) is 5.69 Å². The summed E-state index contributed by atoms with van der Waals surface area (Å²) in [6.07, 6.45) is 3.19. The Kier molecular flexibility index (Phi) is 3.52. The van der Waals surface area contributed by atoms with Gasteiger partial charge in [-0.1, -0.05) is 31.5 Å². The summed E-state index contributed by atoms with van der Waals surface area (Å²) in [5, 5.41) is 0. The lowest BCUT2D eigenvalue weighted by atomic mass is 10.1. The number of rotatable bonds is 7. The second-order valence-electron chi connectivity index (χ2n) is 5.19. The summed E-state index contributed by atoms with van der Waals surface area (Å²) in [4.78, 5) is 2.44. The molecule has 0 aliphatic carbocycles. The normalized spacial score (nSPS) is 24.9. The molecule has 2 fully saturated rings. The first-order chi connectivity index (χ1) is 8.86. The minimum absolute atomic E-state index is 0.429. The van der Waals surface area contributed by atoms with Crippen molar-refractivity contribution in [3.05, 3.63) is 29.8 Å². The molecule has 3 heteroatoms. The van der Waals surface area contributed by atoms with Crippen LogP contribution in [-0.2, 0) is 15.9 Å². The summed E-state index contributed by atoms with van der Waals surface area (Å²) in [5.74, 6) is 0. The van der Waals surface area contributed by atoms with Gasteiger partial charge in [0, 0.05) is 18.8 Å². The van der Waals surface area contributed by atoms with Gasteiger partial charge >= 0.3 is 0 Å². The van der Waals surface area contributed by atoms with Crippen molar-refractivity contribution >= 4 is 5.69 Å². The first kappa shape index (κ1) is 12.0. The van der Waals surface area contributed by atoms with E-state index in [1.807, 2.05) is 0 Å². The molecule has 2 heterocycles. The number of nitrogens with zero attached hydrogens (tertiary/aromatic N) is 1. The first-order valence-electron chi connectivity index (χ1n) is 6.93. The number of ether oxygens (including phenoxy) is 2. The van der Waals surface area contributed by atoms with Crippen LogP contribution in [0.1, 0.15) is 18.9 Å². The van der Waals surface area contributed by atoms with E-state index >= 15 is 0 Å². The van der Waals surface area contributed by atoms with Gasteiger partial charge in [-0.05, 0) is 18.1 Å². The van der Waals surface area contributed by atoms with Crippen molar-refractivity contribution < 1.29 is 9.47 Å². The Labute approximate surface area is 109 Å². The SMILES string of the molecule is CCCc1ccccc1N(CC1CO1)CC1CO1. The lowest BCUT2D eigenvalue weighted by molar-refractivity contribution is 0.389. The number of hydrogen-bond acceptors (Lipinski definition) is 3. The molecule has 0 saturated carbocycles. The molecule has 0 amide bonds. The molecule has 0 radical (unpaired) electrons. The molecule has 3 nitrogen and oxygen atoms in total. The predicted octanol–water partition coefficient (Wildman–Crippen LogP) is 2.24. The van der Waals surface area contributed by atoms with Crippen LogP contribution in [0, 0.1) is 0 Å². The molecule has 0 N–H and O–H groups in total. The van der Waals surface area contributed by atoms with E-state index in [0.717, 1.165) is 32.7 Å². The number of anilines is 1. The number of epoxide rings is 2. The molecule has 0 bridgehead atoms. The van der Waals surface area contributed by atoms with Gasteiger partial charge < -0.3 is 14.4 Å². The van der Waals surface area contributed by atoms with E-state index < -0.39 is 0 Å². The predicted molar refractivity (Wildman–Crippen MR) is 72.1 cm³/mol. The van der Waals surface area contributed by atoms with Crippen LogP contribution in [0.15, 0.2) is 24.3 Å². The summed E-state index contributed by atoms with van der Waals surface area (Å²) in [6, 6.07) is 8.74. The molecule has 2 saturated heterocycles. The zero-order valence-corrected chi connectivity index (χ0v) is 11.0. The molecule has 1 aromatic carbocycles. The summed E-state index contributed by atoms with van der Waals surface area (Å²) in [5.41, 5.74) is 2.81. The van der Waals surface area contributed by atoms with E-state index in [4.69, 9.17) is 9.47 Å². The fourth-order valence-electron chi connectivity index (χ4n) is 2.41. The standard InChI is InChI=1S/C15H21NO2/c1-2-5-12-6-3-4-7-15(12)16(8-13-10-17-13)9-14-11-18-14/h3-4,6-7,13-14H,2,5,8-11H2,1H3. The van der Waals surface area contributed by atoms with Crippen molar-refractivity contribution in [3.63, 3.8) is 0 Å². The van der Waals surface area contributed by atoms with Crippen LogP contribution in [0.3, 0.4) is 0 Å². The lowest BCUT2D eigenvalue weighted by Crippen LogP contribution is -2.32. The molecule has 2 aliphatic rings. The Bertz CT molecular complexity index is 385. The summed E-state index contributed by atoms with van der Waals surface area (Å²) >= 11 is 0. The van der Waals surface area contributed by atoms with Gasteiger partial charge in [-0.3, -0.25) is 0 Å². The Hall–Kier alpha value is -1.06. The maximum Gasteiger partial charge on any atom is 0.0984 e. The lowest BCUT2D eigenvalue weighted by Gasteiger charge is -2.26. The van der Waals surface area contributed by atoms with Crippen LogP contribution in [-0.4, -0.2) is 38.5 Å². The van der Waals surface area contributed by atoms with Crippen LogP contribution in [0.2, 0.25) is 0 Å². The second-order valence-corrected chi connectivity index (χ2v) is 5.19.